The lowest BCUT2D eigenvalue weighted by Crippen LogP contribution is -2.40. The molecule has 9 heteroatoms. The number of ether oxygens (including phenoxy) is 1. The number of nitrogens with one attached hydrogen (secondary N) is 1. The van der Waals surface area contributed by atoms with E-state index in [9.17, 15) is 18.0 Å². The third-order valence-corrected chi connectivity index (χ3v) is 4.65. The van der Waals surface area contributed by atoms with Crippen LogP contribution in [0.4, 0.5) is 23.7 Å². The highest BCUT2D eigenvalue weighted by Gasteiger charge is 2.31. The fourth-order valence-electron chi connectivity index (χ4n) is 3.19. The van der Waals surface area contributed by atoms with Crippen LogP contribution in [0.15, 0.2) is 66.3 Å². The SMILES string of the molecule is C=CCN(CC1CC(c2ccccc2OC)=NO1)C(=O)Nc1cccc(C(F)(F)F)c1. The zero-order chi connectivity index (χ0) is 22.4. The van der Waals surface area contributed by atoms with E-state index in [1.807, 2.05) is 24.3 Å². The average molecular weight is 433 g/mol. The molecule has 0 saturated carbocycles. The van der Waals surface area contributed by atoms with Crippen molar-refractivity contribution >= 4 is 17.4 Å². The van der Waals surface area contributed by atoms with Crippen LogP contribution in [0.25, 0.3) is 0 Å². The van der Waals surface area contributed by atoms with E-state index in [4.69, 9.17) is 9.57 Å². The van der Waals surface area contributed by atoms with Crippen molar-refractivity contribution in [2.45, 2.75) is 18.7 Å². The van der Waals surface area contributed by atoms with Gasteiger partial charge in [0, 0.05) is 24.2 Å². The van der Waals surface area contributed by atoms with Crippen LogP contribution >= 0.6 is 0 Å². The number of amides is 2. The molecule has 0 radical (unpaired) electrons. The average Bonchev–Trinajstić information content (AvgIpc) is 3.21. The molecular weight excluding hydrogens is 411 g/mol. The van der Waals surface area contributed by atoms with E-state index in [1.54, 1.807) is 7.11 Å². The minimum absolute atomic E-state index is 0.0483. The van der Waals surface area contributed by atoms with Crippen LogP contribution in [0.1, 0.15) is 17.5 Å². The molecular formula is C22H22F3N3O3. The van der Waals surface area contributed by atoms with Crippen LogP contribution in [-0.4, -0.2) is 42.9 Å². The van der Waals surface area contributed by atoms with Crippen molar-refractivity contribution in [3.8, 4) is 5.75 Å². The molecule has 1 heterocycles. The molecule has 1 unspecified atom stereocenters. The summed E-state index contributed by atoms with van der Waals surface area (Å²) in [6.45, 7) is 4.01. The first kappa shape index (κ1) is 22.2. The van der Waals surface area contributed by atoms with Gasteiger partial charge < -0.3 is 19.8 Å². The highest BCUT2D eigenvalue weighted by Crippen LogP contribution is 2.31. The van der Waals surface area contributed by atoms with Crippen LogP contribution < -0.4 is 10.1 Å². The first-order valence-electron chi connectivity index (χ1n) is 9.52. The van der Waals surface area contributed by atoms with Gasteiger partial charge >= 0.3 is 12.2 Å². The second-order valence-corrected chi connectivity index (χ2v) is 6.87. The van der Waals surface area contributed by atoms with Crippen LogP contribution in [0.3, 0.4) is 0 Å². The van der Waals surface area contributed by atoms with Crippen molar-refractivity contribution in [3.63, 3.8) is 0 Å². The summed E-state index contributed by atoms with van der Waals surface area (Å²) in [6, 6.07) is 11.3. The van der Waals surface area contributed by atoms with E-state index in [0.717, 1.165) is 17.7 Å². The second-order valence-electron chi connectivity index (χ2n) is 6.87. The Balaban J connectivity index is 1.65. The minimum atomic E-state index is -4.49. The molecule has 0 saturated heterocycles. The van der Waals surface area contributed by atoms with Crippen molar-refractivity contribution in [1.82, 2.24) is 4.90 Å². The molecule has 1 aliphatic heterocycles. The summed E-state index contributed by atoms with van der Waals surface area (Å²) in [7, 11) is 1.57. The summed E-state index contributed by atoms with van der Waals surface area (Å²) in [5.41, 5.74) is 0.706. The van der Waals surface area contributed by atoms with E-state index in [1.165, 1.54) is 23.1 Å². The topological polar surface area (TPSA) is 63.2 Å². The summed E-state index contributed by atoms with van der Waals surface area (Å²) in [4.78, 5) is 19.6. The Morgan fingerprint density at radius 1 is 1.32 bits per heavy atom. The molecule has 2 aromatic carbocycles. The summed E-state index contributed by atoms with van der Waals surface area (Å²) in [5.74, 6) is 0.663. The zero-order valence-corrected chi connectivity index (χ0v) is 16.9. The third-order valence-electron chi connectivity index (χ3n) is 4.65. The van der Waals surface area contributed by atoms with E-state index in [2.05, 4.69) is 17.1 Å². The number of alkyl halides is 3. The number of carbonyl (C=O) groups is 1. The maximum atomic E-state index is 12.9. The number of oxime groups is 1. The van der Waals surface area contributed by atoms with Gasteiger partial charge in [-0.05, 0) is 30.3 Å². The fourth-order valence-corrected chi connectivity index (χ4v) is 3.19. The Kier molecular flexibility index (Phi) is 6.84. The van der Waals surface area contributed by atoms with E-state index >= 15 is 0 Å². The van der Waals surface area contributed by atoms with Gasteiger partial charge in [0.1, 0.15) is 5.75 Å². The number of methoxy groups -OCH3 is 1. The maximum absolute atomic E-state index is 12.9. The molecule has 0 fully saturated rings. The van der Waals surface area contributed by atoms with E-state index in [-0.39, 0.29) is 18.8 Å². The molecule has 164 valence electrons. The van der Waals surface area contributed by atoms with Gasteiger partial charge in [0.25, 0.3) is 0 Å². The molecule has 1 N–H and O–H groups in total. The lowest BCUT2D eigenvalue weighted by molar-refractivity contribution is -0.137. The number of nitrogens with zero attached hydrogens (tertiary/aromatic N) is 2. The van der Waals surface area contributed by atoms with Gasteiger partial charge in [-0.1, -0.05) is 29.4 Å². The van der Waals surface area contributed by atoms with Crippen molar-refractivity contribution in [2.24, 2.45) is 5.16 Å². The predicted molar refractivity (Wildman–Crippen MR) is 111 cm³/mol. The number of carbonyl (C=O) groups excluding carboxylic acids is 1. The van der Waals surface area contributed by atoms with Gasteiger partial charge in [0.2, 0.25) is 0 Å². The lowest BCUT2D eigenvalue weighted by atomic mass is 10.0. The van der Waals surface area contributed by atoms with Crippen molar-refractivity contribution in [3.05, 3.63) is 72.3 Å². The molecule has 31 heavy (non-hydrogen) atoms. The molecule has 1 aliphatic rings. The number of hydrogen-bond acceptors (Lipinski definition) is 4. The number of halogens is 3. The summed E-state index contributed by atoms with van der Waals surface area (Å²) in [5, 5.41) is 6.62. The lowest BCUT2D eigenvalue weighted by Gasteiger charge is -2.24. The Morgan fingerprint density at radius 2 is 2.10 bits per heavy atom. The Hall–Kier alpha value is -3.49. The highest BCUT2D eigenvalue weighted by molar-refractivity contribution is 6.03. The Bertz CT molecular complexity index is 976. The number of para-hydroxylation sites is 1. The molecule has 0 aliphatic carbocycles. The van der Waals surface area contributed by atoms with E-state index < -0.39 is 23.9 Å². The summed E-state index contributed by atoms with van der Waals surface area (Å²) in [6.07, 6.45) is -2.92. The minimum Gasteiger partial charge on any atom is -0.496 e. The molecule has 6 nitrogen and oxygen atoms in total. The third kappa shape index (κ3) is 5.56. The van der Waals surface area contributed by atoms with Crippen molar-refractivity contribution < 1.29 is 27.5 Å². The first-order chi connectivity index (χ1) is 14.8. The van der Waals surface area contributed by atoms with Gasteiger partial charge in [0.05, 0.1) is 24.9 Å². The quantitative estimate of drug-likeness (QED) is 0.630. The standard InChI is InChI=1S/C22H22F3N3O3/c1-3-11-28(21(29)26-16-8-6-7-15(12-16)22(23,24)25)14-17-13-19(27-31-17)18-9-4-5-10-20(18)30-2/h3-10,12,17H,1,11,13-14H2,2H3,(H,26,29). The predicted octanol–water partition coefficient (Wildman–Crippen LogP) is 4.93. The monoisotopic (exact) mass is 433 g/mol. The van der Waals surface area contributed by atoms with Gasteiger partial charge in [0.15, 0.2) is 6.10 Å². The molecule has 2 aromatic rings. The molecule has 2 amide bonds. The van der Waals surface area contributed by atoms with E-state index in [0.29, 0.717) is 17.9 Å². The molecule has 3 rings (SSSR count). The zero-order valence-electron chi connectivity index (χ0n) is 16.9. The smallest absolute Gasteiger partial charge is 0.416 e. The normalized spacial score (nSPS) is 15.6. The van der Waals surface area contributed by atoms with Crippen molar-refractivity contribution in [1.29, 1.82) is 0 Å². The number of anilines is 1. The number of hydrogen-bond donors (Lipinski definition) is 1. The van der Waals surface area contributed by atoms with Crippen LogP contribution in [-0.2, 0) is 11.0 Å². The Morgan fingerprint density at radius 3 is 2.81 bits per heavy atom. The molecule has 0 bridgehead atoms. The second kappa shape index (κ2) is 9.55. The van der Waals surface area contributed by atoms with Crippen molar-refractivity contribution in [2.75, 3.05) is 25.5 Å². The largest absolute Gasteiger partial charge is 0.496 e. The first-order valence-corrected chi connectivity index (χ1v) is 9.52. The highest BCUT2D eigenvalue weighted by atomic mass is 19.4. The van der Waals surface area contributed by atoms with Crippen LogP contribution in [0, 0.1) is 0 Å². The number of urea groups is 1. The van der Waals surface area contributed by atoms with Gasteiger partial charge in [-0.25, -0.2) is 4.79 Å². The maximum Gasteiger partial charge on any atom is 0.416 e. The molecule has 0 aromatic heterocycles. The van der Waals surface area contributed by atoms with Crippen LogP contribution in [0.5, 0.6) is 5.75 Å². The Labute approximate surface area is 177 Å². The van der Waals surface area contributed by atoms with Gasteiger partial charge in [-0.2, -0.15) is 13.2 Å². The molecule has 0 spiro atoms. The van der Waals surface area contributed by atoms with Crippen LogP contribution in [0.2, 0.25) is 0 Å². The van der Waals surface area contributed by atoms with Gasteiger partial charge in [-0.3, -0.25) is 0 Å². The number of rotatable bonds is 7. The fraction of sp³-hybridized carbons (Fsp3) is 0.273. The molecule has 1 atom stereocenters. The van der Waals surface area contributed by atoms with Gasteiger partial charge in [-0.15, -0.1) is 6.58 Å². The number of benzene rings is 2. The summed E-state index contributed by atoms with van der Waals surface area (Å²) >= 11 is 0. The summed E-state index contributed by atoms with van der Waals surface area (Å²) < 4.78 is 44.1.